The van der Waals surface area contributed by atoms with Crippen LogP contribution in [0, 0.1) is 0 Å². The highest BCUT2D eigenvalue weighted by atomic mass is 79.9. The predicted octanol–water partition coefficient (Wildman–Crippen LogP) is 5.62. The monoisotopic (exact) mass is 482 g/mol. The van der Waals surface area contributed by atoms with Gasteiger partial charge >= 0.3 is 0 Å². The number of carbonyl (C=O) groups is 1. The SMILES string of the molecule is COc1cc(C[C@H](C(=O)c2nccn2-c2cccs2)c2ccccc2)cc(Br)c1O. The number of phenolic OH excluding ortho intramolecular Hbond substituents is 1. The highest BCUT2D eigenvalue weighted by Crippen LogP contribution is 2.37. The largest absolute Gasteiger partial charge is 0.503 e. The van der Waals surface area contributed by atoms with Gasteiger partial charge < -0.3 is 9.84 Å². The molecule has 0 bridgehead atoms. The van der Waals surface area contributed by atoms with E-state index in [-0.39, 0.29) is 11.5 Å². The van der Waals surface area contributed by atoms with Gasteiger partial charge in [0.15, 0.2) is 17.3 Å². The van der Waals surface area contributed by atoms with Crippen LogP contribution in [-0.2, 0) is 6.42 Å². The third-order valence-electron chi connectivity index (χ3n) is 4.87. The molecule has 1 atom stereocenters. The summed E-state index contributed by atoms with van der Waals surface area (Å²) in [5.74, 6) is 0.295. The molecule has 2 heterocycles. The van der Waals surface area contributed by atoms with Gasteiger partial charge in [-0.15, -0.1) is 11.3 Å². The van der Waals surface area contributed by atoms with Crippen LogP contribution in [-0.4, -0.2) is 27.6 Å². The zero-order valence-electron chi connectivity index (χ0n) is 16.2. The Morgan fingerprint density at radius 2 is 2.03 bits per heavy atom. The molecule has 2 aromatic heterocycles. The van der Waals surface area contributed by atoms with Crippen LogP contribution in [0.15, 0.2) is 76.8 Å². The lowest BCUT2D eigenvalue weighted by Crippen LogP contribution is -2.19. The number of ketones is 1. The quantitative estimate of drug-likeness (QED) is 0.347. The molecular formula is C23H19BrN2O3S. The van der Waals surface area contributed by atoms with Crippen molar-refractivity contribution in [3.05, 3.63) is 93.8 Å². The van der Waals surface area contributed by atoms with Crippen molar-refractivity contribution >= 4 is 33.0 Å². The van der Waals surface area contributed by atoms with Crippen molar-refractivity contribution in [1.82, 2.24) is 9.55 Å². The maximum Gasteiger partial charge on any atom is 0.206 e. The smallest absolute Gasteiger partial charge is 0.206 e. The number of nitrogens with zero attached hydrogens (tertiary/aromatic N) is 2. The van der Waals surface area contributed by atoms with E-state index in [1.54, 1.807) is 29.8 Å². The van der Waals surface area contributed by atoms with Gasteiger partial charge in [0, 0.05) is 12.4 Å². The zero-order chi connectivity index (χ0) is 21.1. The highest BCUT2D eigenvalue weighted by Gasteiger charge is 2.27. The van der Waals surface area contributed by atoms with Gasteiger partial charge in [0.2, 0.25) is 5.78 Å². The lowest BCUT2D eigenvalue weighted by Gasteiger charge is -2.18. The Balaban J connectivity index is 1.75. The van der Waals surface area contributed by atoms with E-state index in [4.69, 9.17) is 4.74 Å². The third-order valence-corrected chi connectivity index (χ3v) is 6.34. The fourth-order valence-electron chi connectivity index (χ4n) is 3.41. The van der Waals surface area contributed by atoms with Gasteiger partial charge in [-0.2, -0.15) is 0 Å². The Hall–Kier alpha value is -2.90. The number of imidazole rings is 1. The van der Waals surface area contributed by atoms with Gasteiger partial charge in [-0.05, 0) is 63.1 Å². The zero-order valence-corrected chi connectivity index (χ0v) is 18.6. The molecular weight excluding hydrogens is 464 g/mol. The first-order chi connectivity index (χ1) is 14.6. The van der Waals surface area contributed by atoms with E-state index in [0.717, 1.165) is 16.1 Å². The Morgan fingerprint density at radius 3 is 2.73 bits per heavy atom. The number of benzene rings is 2. The molecule has 1 N–H and O–H groups in total. The molecule has 5 nitrogen and oxygen atoms in total. The van der Waals surface area contributed by atoms with E-state index in [1.807, 2.05) is 58.5 Å². The van der Waals surface area contributed by atoms with Crippen molar-refractivity contribution in [2.24, 2.45) is 0 Å². The molecule has 152 valence electrons. The summed E-state index contributed by atoms with van der Waals surface area (Å²) in [4.78, 5) is 18.0. The number of rotatable bonds is 7. The summed E-state index contributed by atoms with van der Waals surface area (Å²) < 4.78 is 7.63. The van der Waals surface area contributed by atoms with E-state index >= 15 is 0 Å². The minimum absolute atomic E-state index is 0.0390. The molecule has 0 aliphatic carbocycles. The van der Waals surface area contributed by atoms with Gasteiger partial charge in [-0.3, -0.25) is 9.36 Å². The second kappa shape index (κ2) is 8.85. The maximum absolute atomic E-state index is 13.7. The van der Waals surface area contributed by atoms with E-state index in [2.05, 4.69) is 20.9 Å². The number of Topliss-reactive ketones (excluding diaryl/α,β-unsaturated/α-hetero) is 1. The third kappa shape index (κ3) is 4.04. The Kier molecular flexibility index (Phi) is 6.01. The fraction of sp³-hybridized carbons (Fsp3) is 0.130. The first-order valence-corrected chi connectivity index (χ1v) is 11.0. The molecule has 0 aliphatic rings. The average molecular weight is 483 g/mol. The van der Waals surface area contributed by atoms with Crippen molar-refractivity contribution in [3.63, 3.8) is 0 Å². The van der Waals surface area contributed by atoms with Crippen LogP contribution in [0.2, 0.25) is 0 Å². The molecule has 0 fully saturated rings. The first-order valence-electron chi connectivity index (χ1n) is 9.30. The normalized spacial score (nSPS) is 11.9. The van der Waals surface area contributed by atoms with Crippen LogP contribution in [0.1, 0.15) is 27.7 Å². The van der Waals surface area contributed by atoms with Gasteiger partial charge in [0.1, 0.15) is 5.00 Å². The number of hydrogen-bond donors (Lipinski definition) is 1. The van der Waals surface area contributed by atoms with Crippen LogP contribution in [0.5, 0.6) is 11.5 Å². The number of halogens is 1. The lowest BCUT2D eigenvalue weighted by atomic mass is 9.88. The molecule has 4 aromatic rings. The molecule has 0 saturated heterocycles. The highest BCUT2D eigenvalue weighted by molar-refractivity contribution is 9.10. The van der Waals surface area contributed by atoms with Gasteiger partial charge in [0.25, 0.3) is 0 Å². The summed E-state index contributed by atoms with van der Waals surface area (Å²) in [5.41, 5.74) is 1.78. The molecule has 0 amide bonds. The van der Waals surface area contributed by atoms with Crippen LogP contribution >= 0.6 is 27.3 Å². The minimum atomic E-state index is -0.437. The standard InChI is InChI=1S/C23H19BrN2O3S/c1-29-19-14-15(13-18(24)22(19)28)12-17(16-6-3-2-4-7-16)21(27)23-25-9-10-26(23)20-8-5-11-30-20/h2-11,13-14,17,28H,12H2,1H3/t17-/m0/s1. The fourth-order valence-corrected chi connectivity index (χ4v) is 4.61. The Labute approximate surface area is 186 Å². The molecule has 0 unspecified atom stereocenters. The minimum Gasteiger partial charge on any atom is -0.503 e. The van der Waals surface area contributed by atoms with E-state index in [9.17, 15) is 9.90 Å². The number of ether oxygens (including phenoxy) is 1. The number of carbonyl (C=O) groups excluding carboxylic acids is 1. The number of phenols is 1. The summed E-state index contributed by atoms with van der Waals surface area (Å²) in [5, 5.41) is 13.0. The topological polar surface area (TPSA) is 64.3 Å². The summed E-state index contributed by atoms with van der Waals surface area (Å²) in [6, 6.07) is 17.2. The molecule has 0 spiro atoms. The van der Waals surface area contributed by atoms with Crippen LogP contribution < -0.4 is 4.74 Å². The predicted molar refractivity (Wildman–Crippen MR) is 121 cm³/mol. The number of thiophene rings is 1. The van der Waals surface area contributed by atoms with Crippen molar-refractivity contribution < 1.29 is 14.6 Å². The molecule has 0 aliphatic heterocycles. The number of aromatic hydroxyl groups is 1. The van der Waals surface area contributed by atoms with Crippen molar-refractivity contribution in [3.8, 4) is 16.5 Å². The van der Waals surface area contributed by atoms with Crippen LogP contribution in [0.25, 0.3) is 5.00 Å². The molecule has 0 saturated carbocycles. The van der Waals surface area contributed by atoms with Crippen molar-refractivity contribution in [1.29, 1.82) is 0 Å². The van der Waals surface area contributed by atoms with E-state index in [0.29, 0.717) is 22.5 Å². The number of hydrogen-bond acceptors (Lipinski definition) is 5. The number of aromatic nitrogens is 2. The van der Waals surface area contributed by atoms with Gasteiger partial charge in [-0.1, -0.05) is 30.3 Å². The van der Waals surface area contributed by atoms with Gasteiger partial charge in [0.05, 0.1) is 17.5 Å². The average Bonchev–Trinajstić information content (AvgIpc) is 3.46. The Morgan fingerprint density at radius 1 is 1.23 bits per heavy atom. The lowest BCUT2D eigenvalue weighted by molar-refractivity contribution is 0.0947. The summed E-state index contributed by atoms with van der Waals surface area (Å²) in [7, 11) is 1.50. The van der Waals surface area contributed by atoms with E-state index < -0.39 is 5.92 Å². The maximum atomic E-state index is 13.7. The van der Waals surface area contributed by atoms with Crippen LogP contribution in [0.3, 0.4) is 0 Å². The molecule has 7 heteroatoms. The first kappa shape index (κ1) is 20.4. The van der Waals surface area contributed by atoms with E-state index in [1.165, 1.54) is 7.11 Å². The summed E-state index contributed by atoms with van der Waals surface area (Å²) in [6.45, 7) is 0. The molecule has 2 aromatic carbocycles. The summed E-state index contributed by atoms with van der Waals surface area (Å²) >= 11 is 4.92. The van der Waals surface area contributed by atoms with Gasteiger partial charge in [-0.25, -0.2) is 4.98 Å². The second-order valence-electron chi connectivity index (χ2n) is 6.73. The number of methoxy groups -OCH3 is 1. The Bertz CT molecular complexity index is 1160. The molecule has 0 radical (unpaired) electrons. The second-order valence-corrected chi connectivity index (χ2v) is 8.51. The van der Waals surface area contributed by atoms with Crippen molar-refractivity contribution in [2.45, 2.75) is 12.3 Å². The summed E-state index contributed by atoms with van der Waals surface area (Å²) in [6.07, 6.45) is 3.89. The van der Waals surface area contributed by atoms with Crippen LogP contribution in [0.4, 0.5) is 0 Å². The van der Waals surface area contributed by atoms with Crippen molar-refractivity contribution in [2.75, 3.05) is 7.11 Å². The molecule has 30 heavy (non-hydrogen) atoms. The molecule has 4 rings (SSSR count).